The predicted molar refractivity (Wildman–Crippen MR) is 73.7 cm³/mol. The number of hydrogen-bond donors (Lipinski definition) is 1. The van der Waals surface area contributed by atoms with E-state index in [9.17, 15) is 9.50 Å². The van der Waals surface area contributed by atoms with Crippen molar-refractivity contribution in [3.05, 3.63) is 29.6 Å². The van der Waals surface area contributed by atoms with Crippen molar-refractivity contribution in [3.63, 3.8) is 0 Å². The molecule has 1 aromatic rings. The van der Waals surface area contributed by atoms with Crippen molar-refractivity contribution in [2.45, 2.75) is 52.2 Å². The quantitative estimate of drug-likeness (QED) is 0.904. The first-order valence-electron chi connectivity index (χ1n) is 7.09. The lowest BCUT2D eigenvalue weighted by Crippen LogP contribution is -2.39. The molecule has 1 aliphatic carbocycles. The van der Waals surface area contributed by atoms with Gasteiger partial charge in [-0.2, -0.15) is 0 Å². The zero-order valence-electron chi connectivity index (χ0n) is 11.9. The second-order valence-electron chi connectivity index (χ2n) is 5.93. The van der Waals surface area contributed by atoms with Crippen molar-refractivity contribution in [2.75, 3.05) is 0 Å². The van der Waals surface area contributed by atoms with Crippen LogP contribution < -0.4 is 4.74 Å². The summed E-state index contributed by atoms with van der Waals surface area (Å²) in [5.41, 5.74) is 0.572. The van der Waals surface area contributed by atoms with Gasteiger partial charge in [0, 0.05) is 0 Å². The lowest BCUT2D eigenvalue weighted by atomic mass is 9.79. The molecule has 3 unspecified atom stereocenters. The van der Waals surface area contributed by atoms with Gasteiger partial charge in [0.2, 0.25) is 0 Å². The highest BCUT2D eigenvalue weighted by Crippen LogP contribution is 2.33. The Hall–Kier alpha value is -1.09. The molecular weight excluding hydrogens is 243 g/mol. The van der Waals surface area contributed by atoms with Crippen molar-refractivity contribution in [3.8, 4) is 5.75 Å². The normalized spacial score (nSPS) is 27.6. The monoisotopic (exact) mass is 266 g/mol. The Morgan fingerprint density at radius 3 is 2.74 bits per heavy atom. The lowest BCUT2D eigenvalue weighted by Gasteiger charge is -2.35. The summed E-state index contributed by atoms with van der Waals surface area (Å²) >= 11 is 0. The summed E-state index contributed by atoms with van der Waals surface area (Å²) < 4.78 is 19.7. The molecule has 1 fully saturated rings. The van der Waals surface area contributed by atoms with Gasteiger partial charge in [-0.15, -0.1) is 0 Å². The summed E-state index contributed by atoms with van der Waals surface area (Å²) in [5.74, 6) is 1.05. The number of halogens is 1. The number of ether oxygens (including phenoxy) is 1. The number of aryl methyl sites for hydroxylation is 1. The fraction of sp³-hybridized carbons (Fsp3) is 0.625. The highest BCUT2D eigenvalue weighted by Gasteiger charge is 2.32. The van der Waals surface area contributed by atoms with E-state index in [0.29, 0.717) is 17.4 Å². The molecule has 0 bridgehead atoms. The second kappa shape index (κ2) is 5.91. The van der Waals surface area contributed by atoms with Crippen molar-refractivity contribution >= 4 is 0 Å². The van der Waals surface area contributed by atoms with Gasteiger partial charge >= 0.3 is 0 Å². The van der Waals surface area contributed by atoms with Gasteiger partial charge in [-0.05, 0) is 49.7 Å². The molecule has 0 heterocycles. The summed E-state index contributed by atoms with van der Waals surface area (Å²) in [4.78, 5) is 0. The summed E-state index contributed by atoms with van der Waals surface area (Å²) in [6, 6.07) is 5.13. The Kier molecular flexibility index (Phi) is 4.46. The Labute approximate surface area is 114 Å². The first kappa shape index (κ1) is 14.3. The standard InChI is InChI=1S/C16H23FO2/c1-10(2)12-7-8-13(18)15(9-12)19-14-6-4-5-11(3)16(14)17/h4-6,10,12-13,15,18H,7-9H2,1-3H3. The van der Waals surface area contributed by atoms with Gasteiger partial charge in [-0.3, -0.25) is 0 Å². The molecule has 3 atom stereocenters. The van der Waals surface area contributed by atoms with Crippen molar-refractivity contribution in [1.82, 2.24) is 0 Å². The minimum Gasteiger partial charge on any atom is -0.485 e. The van der Waals surface area contributed by atoms with E-state index in [1.165, 1.54) is 0 Å². The van der Waals surface area contributed by atoms with E-state index in [4.69, 9.17) is 4.74 Å². The van der Waals surface area contributed by atoms with Crippen LogP contribution in [0, 0.1) is 24.6 Å². The van der Waals surface area contributed by atoms with Crippen molar-refractivity contribution < 1.29 is 14.2 Å². The lowest BCUT2D eigenvalue weighted by molar-refractivity contribution is -0.0193. The molecule has 0 aliphatic heterocycles. The molecular formula is C16H23FO2. The van der Waals surface area contributed by atoms with Gasteiger partial charge < -0.3 is 9.84 Å². The van der Waals surface area contributed by atoms with E-state index in [2.05, 4.69) is 13.8 Å². The fourth-order valence-electron chi connectivity index (χ4n) is 2.75. The van der Waals surface area contributed by atoms with Crippen LogP contribution in [0.1, 0.15) is 38.7 Å². The van der Waals surface area contributed by atoms with E-state index in [1.54, 1.807) is 25.1 Å². The predicted octanol–water partition coefficient (Wildman–Crippen LogP) is 3.70. The molecule has 0 saturated heterocycles. The first-order valence-corrected chi connectivity index (χ1v) is 7.09. The summed E-state index contributed by atoms with van der Waals surface area (Å²) in [6.45, 7) is 6.09. The van der Waals surface area contributed by atoms with E-state index in [0.717, 1.165) is 19.3 Å². The van der Waals surface area contributed by atoms with Gasteiger partial charge in [0.1, 0.15) is 6.10 Å². The molecule has 0 spiro atoms. The average molecular weight is 266 g/mol. The molecule has 106 valence electrons. The molecule has 19 heavy (non-hydrogen) atoms. The molecule has 2 rings (SSSR count). The first-order chi connectivity index (χ1) is 8.99. The fourth-order valence-corrected chi connectivity index (χ4v) is 2.75. The van der Waals surface area contributed by atoms with E-state index >= 15 is 0 Å². The molecule has 1 aliphatic rings. The minimum atomic E-state index is -0.491. The van der Waals surface area contributed by atoms with Crippen molar-refractivity contribution in [2.24, 2.45) is 11.8 Å². The van der Waals surface area contributed by atoms with Crippen LogP contribution in [0.15, 0.2) is 18.2 Å². The average Bonchev–Trinajstić information content (AvgIpc) is 2.37. The third-order valence-corrected chi connectivity index (χ3v) is 4.17. The van der Waals surface area contributed by atoms with E-state index in [1.807, 2.05) is 0 Å². The molecule has 0 amide bonds. The number of rotatable bonds is 3. The maximum Gasteiger partial charge on any atom is 0.167 e. The number of hydrogen-bond acceptors (Lipinski definition) is 2. The SMILES string of the molecule is Cc1cccc(OC2CC(C(C)C)CCC2O)c1F. The zero-order chi connectivity index (χ0) is 14.0. The van der Waals surface area contributed by atoms with Crippen LogP contribution in [-0.4, -0.2) is 17.3 Å². The van der Waals surface area contributed by atoms with E-state index < -0.39 is 6.10 Å². The highest BCUT2D eigenvalue weighted by atomic mass is 19.1. The molecule has 2 nitrogen and oxygen atoms in total. The van der Waals surface area contributed by atoms with Crippen LogP contribution in [0.3, 0.4) is 0 Å². The summed E-state index contributed by atoms with van der Waals surface area (Å²) in [5, 5.41) is 10.0. The van der Waals surface area contributed by atoms with Gasteiger partial charge in [0.15, 0.2) is 11.6 Å². The molecule has 0 aromatic heterocycles. The van der Waals surface area contributed by atoms with Crippen LogP contribution in [0.5, 0.6) is 5.75 Å². The molecule has 0 radical (unpaired) electrons. The number of aliphatic hydroxyl groups excluding tert-OH is 1. The Morgan fingerprint density at radius 1 is 1.32 bits per heavy atom. The van der Waals surface area contributed by atoms with Crippen LogP contribution in [0.4, 0.5) is 4.39 Å². The summed E-state index contributed by atoms with van der Waals surface area (Å²) in [6.07, 6.45) is 1.77. The largest absolute Gasteiger partial charge is 0.485 e. The van der Waals surface area contributed by atoms with Crippen LogP contribution in [-0.2, 0) is 0 Å². The zero-order valence-corrected chi connectivity index (χ0v) is 11.9. The topological polar surface area (TPSA) is 29.5 Å². The smallest absolute Gasteiger partial charge is 0.167 e. The Morgan fingerprint density at radius 2 is 2.05 bits per heavy atom. The summed E-state index contributed by atoms with van der Waals surface area (Å²) in [7, 11) is 0. The van der Waals surface area contributed by atoms with Gasteiger partial charge in [0.05, 0.1) is 6.10 Å². The van der Waals surface area contributed by atoms with Crippen LogP contribution >= 0.6 is 0 Å². The maximum atomic E-state index is 13.9. The highest BCUT2D eigenvalue weighted by molar-refractivity contribution is 5.30. The Bertz CT molecular complexity index is 431. The van der Waals surface area contributed by atoms with Crippen molar-refractivity contribution in [1.29, 1.82) is 0 Å². The van der Waals surface area contributed by atoms with Gasteiger partial charge in [-0.25, -0.2) is 4.39 Å². The second-order valence-corrected chi connectivity index (χ2v) is 5.93. The van der Waals surface area contributed by atoms with E-state index in [-0.39, 0.29) is 17.7 Å². The molecule has 3 heteroatoms. The molecule has 1 saturated carbocycles. The minimum absolute atomic E-state index is 0.258. The third-order valence-electron chi connectivity index (χ3n) is 4.17. The van der Waals surface area contributed by atoms with Gasteiger partial charge in [0.25, 0.3) is 0 Å². The van der Waals surface area contributed by atoms with Crippen LogP contribution in [0.25, 0.3) is 0 Å². The molecule has 1 aromatic carbocycles. The van der Waals surface area contributed by atoms with Crippen LogP contribution in [0.2, 0.25) is 0 Å². The maximum absolute atomic E-state index is 13.9. The number of benzene rings is 1. The van der Waals surface area contributed by atoms with Gasteiger partial charge in [-0.1, -0.05) is 26.0 Å². The number of aliphatic hydroxyl groups is 1. The third kappa shape index (κ3) is 3.27. The Balaban J connectivity index is 2.10. The molecule has 1 N–H and O–H groups in total.